The van der Waals surface area contributed by atoms with E-state index in [1.807, 2.05) is 0 Å². The lowest BCUT2D eigenvalue weighted by Crippen LogP contribution is -2.15. The Balaban J connectivity index is 1.79. The van der Waals surface area contributed by atoms with Gasteiger partial charge < -0.3 is 5.32 Å². The molecule has 1 fully saturated rings. The Hall–Kier alpha value is -1.90. The average Bonchev–Trinajstić information content (AvgIpc) is 3.18. The number of carbonyl (C=O) groups is 1. The minimum atomic E-state index is -0.103. The van der Waals surface area contributed by atoms with Crippen molar-refractivity contribution in [3.63, 3.8) is 0 Å². The lowest BCUT2D eigenvalue weighted by atomic mass is 10.2. The van der Waals surface area contributed by atoms with Gasteiger partial charge in [0, 0.05) is 23.9 Å². The Bertz CT molecular complexity index is 771. The predicted molar refractivity (Wildman–Crippen MR) is 80.0 cm³/mol. The van der Waals surface area contributed by atoms with E-state index in [4.69, 9.17) is 28.5 Å². The number of pyridine rings is 2. The Kier molecular flexibility index (Phi) is 3.66. The zero-order chi connectivity index (χ0) is 15.0. The van der Waals surface area contributed by atoms with E-state index in [9.17, 15) is 4.79 Å². The first kappa shape index (κ1) is 14.1. The molecule has 3 rings (SSSR count). The fourth-order valence-electron chi connectivity index (χ4n) is 2.28. The third-order valence-corrected chi connectivity index (χ3v) is 3.98. The van der Waals surface area contributed by atoms with E-state index in [0.29, 0.717) is 17.6 Å². The number of aromatic nitrogens is 2. The molecule has 0 aliphatic heterocycles. The van der Waals surface area contributed by atoms with Gasteiger partial charge in [-0.25, -0.2) is 9.97 Å². The summed E-state index contributed by atoms with van der Waals surface area (Å²) < 4.78 is 0. The van der Waals surface area contributed by atoms with E-state index in [1.165, 1.54) is 0 Å². The molecule has 21 heavy (non-hydrogen) atoms. The van der Waals surface area contributed by atoms with Crippen LogP contribution < -0.4 is 5.32 Å². The smallest absolute Gasteiger partial charge is 0.228 e. The number of hydrogen-bond acceptors (Lipinski definition) is 4. The fourth-order valence-corrected chi connectivity index (χ4v) is 2.77. The molecule has 2 aromatic rings. The fraction of sp³-hybridized carbons (Fsp3) is 0.286. The number of anilines is 1. The molecule has 1 saturated carbocycles. The lowest BCUT2D eigenvalue weighted by molar-refractivity contribution is -0.117. The molecule has 0 saturated heterocycles. The van der Waals surface area contributed by atoms with Gasteiger partial charge in [0.15, 0.2) is 0 Å². The quantitative estimate of drug-likeness (QED) is 0.879. The molecular weight excluding hydrogens is 311 g/mol. The van der Waals surface area contributed by atoms with Crippen molar-refractivity contribution >= 4 is 45.7 Å². The summed E-state index contributed by atoms with van der Waals surface area (Å²) >= 11 is 11.8. The topological polar surface area (TPSA) is 78.7 Å². The maximum Gasteiger partial charge on any atom is 0.228 e. The van der Waals surface area contributed by atoms with Crippen molar-refractivity contribution in [1.29, 1.82) is 5.26 Å². The minimum absolute atomic E-state index is 0.0910. The highest BCUT2D eigenvalue weighted by Gasteiger charge is 2.42. The van der Waals surface area contributed by atoms with Crippen molar-refractivity contribution < 1.29 is 4.79 Å². The number of halogens is 2. The summed E-state index contributed by atoms with van der Waals surface area (Å²) in [5.41, 5.74) is 0. The van der Waals surface area contributed by atoms with E-state index in [1.54, 1.807) is 18.3 Å². The van der Waals surface area contributed by atoms with Crippen LogP contribution in [0, 0.1) is 23.2 Å². The van der Waals surface area contributed by atoms with Crippen molar-refractivity contribution in [3.05, 3.63) is 28.6 Å². The molecular formula is C14H10Cl2N4O. The predicted octanol–water partition coefficient (Wildman–Crippen LogP) is 3.42. The van der Waals surface area contributed by atoms with Crippen LogP contribution in [0.3, 0.4) is 0 Å². The van der Waals surface area contributed by atoms with E-state index < -0.39 is 0 Å². The molecule has 1 aliphatic carbocycles. The Labute approximate surface area is 130 Å². The number of hydrogen-bond donors (Lipinski definition) is 1. The second kappa shape index (κ2) is 5.47. The molecule has 0 unspecified atom stereocenters. The molecule has 106 valence electrons. The highest BCUT2D eigenvalue weighted by Crippen LogP contribution is 2.41. The summed E-state index contributed by atoms with van der Waals surface area (Å²) in [5, 5.41) is 13.4. The van der Waals surface area contributed by atoms with Crippen LogP contribution in [0.15, 0.2) is 18.3 Å². The number of fused-ring (bicyclic) bond motifs is 1. The molecule has 2 atom stereocenters. The van der Waals surface area contributed by atoms with Crippen LogP contribution in [0.1, 0.15) is 12.8 Å². The van der Waals surface area contributed by atoms with E-state index in [-0.39, 0.29) is 28.0 Å². The molecule has 0 bridgehead atoms. The number of nitrogens with one attached hydrogen (secondary N) is 1. The number of nitrogens with zero attached hydrogens (tertiary/aromatic N) is 3. The zero-order valence-corrected chi connectivity index (χ0v) is 12.3. The van der Waals surface area contributed by atoms with E-state index >= 15 is 0 Å². The maximum absolute atomic E-state index is 12.0. The molecule has 0 spiro atoms. The van der Waals surface area contributed by atoms with Gasteiger partial charge in [0.1, 0.15) is 16.1 Å². The standard InChI is InChI=1S/C14H10Cl2N4O/c15-11-4-8-5-12(18-6-10(8)13(16)19-11)20-14(21)9-3-7(9)1-2-17/h4-7,9H,1,3H2,(H,18,20,21)/t7-,9-/m1/s1. The molecule has 7 heteroatoms. The first-order valence-corrected chi connectivity index (χ1v) is 7.13. The van der Waals surface area contributed by atoms with Crippen molar-refractivity contribution in [2.45, 2.75) is 12.8 Å². The number of carbonyl (C=O) groups excluding carboxylic acids is 1. The Morgan fingerprint density at radius 2 is 2.29 bits per heavy atom. The van der Waals surface area contributed by atoms with Gasteiger partial charge in [-0.3, -0.25) is 4.79 Å². The lowest BCUT2D eigenvalue weighted by Gasteiger charge is -2.06. The van der Waals surface area contributed by atoms with Gasteiger partial charge in [-0.2, -0.15) is 5.26 Å². The minimum Gasteiger partial charge on any atom is -0.310 e. The van der Waals surface area contributed by atoms with Gasteiger partial charge in [0.05, 0.1) is 6.07 Å². The largest absolute Gasteiger partial charge is 0.310 e. The summed E-state index contributed by atoms with van der Waals surface area (Å²) in [6.45, 7) is 0. The van der Waals surface area contributed by atoms with Crippen LogP contribution in [-0.2, 0) is 4.79 Å². The van der Waals surface area contributed by atoms with Crippen LogP contribution in [0.2, 0.25) is 10.3 Å². The van der Waals surface area contributed by atoms with Gasteiger partial charge in [-0.05, 0) is 29.9 Å². The number of amides is 1. The van der Waals surface area contributed by atoms with Crippen molar-refractivity contribution in [1.82, 2.24) is 9.97 Å². The Morgan fingerprint density at radius 3 is 3.05 bits per heavy atom. The first-order valence-electron chi connectivity index (χ1n) is 6.38. The average molecular weight is 321 g/mol. The molecule has 2 aromatic heterocycles. The summed E-state index contributed by atoms with van der Waals surface area (Å²) in [7, 11) is 0. The van der Waals surface area contributed by atoms with Crippen molar-refractivity contribution in [2.75, 3.05) is 5.32 Å². The van der Waals surface area contributed by atoms with Gasteiger partial charge >= 0.3 is 0 Å². The molecule has 0 radical (unpaired) electrons. The highest BCUT2D eigenvalue weighted by atomic mass is 35.5. The number of nitriles is 1. The van der Waals surface area contributed by atoms with E-state index in [0.717, 1.165) is 11.8 Å². The van der Waals surface area contributed by atoms with E-state index in [2.05, 4.69) is 21.4 Å². The highest BCUT2D eigenvalue weighted by molar-refractivity contribution is 6.36. The number of rotatable bonds is 3. The third-order valence-electron chi connectivity index (χ3n) is 3.50. The van der Waals surface area contributed by atoms with Crippen LogP contribution in [0.25, 0.3) is 10.8 Å². The van der Waals surface area contributed by atoms with Gasteiger partial charge in [-0.15, -0.1) is 0 Å². The van der Waals surface area contributed by atoms with Crippen molar-refractivity contribution in [2.24, 2.45) is 11.8 Å². The second-order valence-electron chi connectivity index (χ2n) is 4.98. The monoisotopic (exact) mass is 320 g/mol. The van der Waals surface area contributed by atoms with Gasteiger partial charge in [0.2, 0.25) is 5.91 Å². The SMILES string of the molecule is N#CC[C@@H]1C[C@H]1C(=O)Nc1cc2cc(Cl)nc(Cl)c2cn1. The third kappa shape index (κ3) is 2.92. The van der Waals surface area contributed by atoms with Crippen LogP contribution >= 0.6 is 23.2 Å². The van der Waals surface area contributed by atoms with Crippen molar-refractivity contribution in [3.8, 4) is 6.07 Å². The molecule has 2 heterocycles. The summed E-state index contributed by atoms with van der Waals surface area (Å²) in [6.07, 6.45) is 2.73. The van der Waals surface area contributed by atoms with Crippen LogP contribution in [-0.4, -0.2) is 15.9 Å². The van der Waals surface area contributed by atoms with Gasteiger partial charge in [-0.1, -0.05) is 23.2 Å². The summed E-state index contributed by atoms with van der Waals surface area (Å²) in [4.78, 5) is 20.1. The van der Waals surface area contributed by atoms with Crippen LogP contribution in [0.4, 0.5) is 5.82 Å². The molecule has 5 nitrogen and oxygen atoms in total. The van der Waals surface area contributed by atoms with Gasteiger partial charge in [0.25, 0.3) is 0 Å². The Morgan fingerprint density at radius 1 is 1.48 bits per heavy atom. The maximum atomic E-state index is 12.0. The zero-order valence-electron chi connectivity index (χ0n) is 10.8. The molecule has 1 amide bonds. The first-order chi connectivity index (χ1) is 10.1. The normalized spacial score (nSPS) is 20.0. The summed E-state index contributed by atoms with van der Waals surface area (Å²) in [5.74, 6) is 0.414. The second-order valence-corrected chi connectivity index (χ2v) is 5.73. The molecule has 0 aromatic carbocycles. The summed E-state index contributed by atoms with van der Waals surface area (Å²) in [6, 6.07) is 5.45. The molecule has 1 aliphatic rings. The van der Waals surface area contributed by atoms with Crippen LogP contribution in [0.5, 0.6) is 0 Å². The molecule has 1 N–H and O–H groups in total.